The van der Waals surface area contributed by atoms with Gasteiger partial charge in [0.25, 0.3) is 0 Å². The summed E-state index contributed by atoms with van der Waals surface area (Å²) in [6.45, 7) is 1.35. The molecule has 1 atom stereocenters. The Balaban J connectivity index is 2.20. The number of alkyl halides is 3. The number of nitrogens with one attached hydrogen (secondary N) is 2. The Morgan fingerprint density at radius 1 is 1.44 bits per heavy atom. The van der Waals surface area contributed by atoms with Gasteiger partial charge >= 0.3 is 12.2 Å². The first-order valence-electron chi connectivity index (χ1n) is 5.03. The molecule has 0 bridgehead atoms. The molecule has 1 aliphatic rings. The van der Waals surface area contributed by atoms with Gasteiger partial charge in [0.15, 0.2) is 0 Å². The molecular weight excluding hydrogens is 225 g/mol. The molecule has 2 amide bonds. The summed E-state index contributed by atoms with van der Waals surface area (Å²) in [5.74, 6) is 0. The van der Waals surface area contributed by atoms with Gasteiger partial charge in [-0.15, -0.1) is 0 Å². The molecule has 7 heteroatoms. The summed E-state index contributed by atoms with van der Waals surface area (Å²) in [5.41, 5.74) is -0.449. The summed E-state index contributed by atoms with van der Waals surface area (Å²) < 4.78 is 40.7. The van der Waals surface area contributed by atoms with Crippen LogP contribution < -0.4 is 10.6 Å². The zero-order chi connectivity index (χ0) is 12.2. The topological polar surface area (TPSA) is 50.4 Å². The molecule has 0 aromatic carbocycles. The van der Waals surface area contributed by atoms with E-state index in [0.717, 1.165) is 12.8 Å². The first-order valence-corrected chi connectivity index (χ1v) is 5.03. The average molecular weight is 240 g/mol. The van der Waals surface area contributed by atoms with E-state index in [1.54, 1.807) is 5.32 Å². The van der Waals surface area contributed by atoms with E-state index in [-0.39, 0.29) is 6.54 Å². The lowest BCUT2D eigenvalue weighted by Crippen LogP contribution is -2.46. The van der Waals surface area contributed by atoms with Crippen LogP contribution in [0.1, 0.15) is 19.8 Å². The monoisotopic (exact) mass is 240 g/mol. The molecule has 16 heavy (non-hydrogen) atoms. The number of hydrogen-bond acceptors (Lipinski definition) is 2. The van der Waals surface area contributed by atoms with Crippen molar-refractivity contribution in [3.8, 4) is 0 Å². The van der Waals surface area contributed by atoms with Crippen LogP contribution in [0.15, 0.2) is 0 Å². The second kappa shape index (κ2) is 4.90. The third kappa shape index (κ3) is 4.69. The molecule has 0 radical (unpaired) electrons. The average Bonchev–Trinajstić information content (AvgIpc) is 2.59. The van der Waals surface area contributed by atoms with E-state index in [1.807, 2.05) is 6.92 Å². The maximum Gasteiger partial charge on any atom is 0.405 e. The van der Waals surface area contributed by atoms with Gasteiger partial charge in [0.05, 0.1) is 5.60 Å². The Bertz CT molecular complexity index is 250. The van der Waals surface area contributed by atoms with Crippen LogP contribution in [0.3, 0.4) is 0 Å². The van der Waals surface area contributed by atoms with Crippen molar-refractivity contribution in [1.29, 1.82) is 0 Å². The molecule has 1 saturated heterocycles. The number of amides is 2. The number of halogens is 3. The van der Waals surface area contributed by atoms with Crippen molar-refractivity contribution in [2.24, 2.45) is 0 Å². The van der Waals surface area contributed by atoms with Gasteiger partial charge in [-0.05, 0) is 19.8 Å². The standard InChI is InChI=1S/C9H15F3N2O2/c1-8(3-2-4-16-8)5-13-7(15)14-6-9(10,11)12/h2-6H2,1H3,(H2,13,14,15). The van der Waals surface area contributed by atoms with Crippen LogP contribution in [-0.4, -0.2) is 37.5 Å². The van der Waals surface area contributed by atoms with Crippen molar-refractivity contribution in [2.75, 3.05) is 19.7 Å². The first kappa shape index (κ1) is 13.1. The van der Waals surface area contributed by atoms with Gasteiger partial charge < -0.3 is 15.4 Å². The maximum absolute atomic E-state index is 11.8. The van der Waals surface area contributed by atoms with E-state index in [2.05, 4.69) is 5.32 Å². The van der Waals surface area contributed by atoms with Crippen LogP contribution in [0.4, 0.5) is 18.0 Å². The van der Waals surface area contributed by atoms with Crippen LogP contribution in [-0.2, 0) is 4.74 Å². The highest BCUT2D eigenvalue weighted by molar-refractivity contribution is 5.73. The number of carbonyl (C=O) groups excluding carboxylic acids is 1. The minimum absolute atomic E-state index is 0.219. The fourth-order valence-electron chi connectivity index (χ4n) is 1.49. The highest BCUT2D eigenvalue weighted by atomic mass is 19.4. The van der Waals surface area contributed by atoms with E-state index < -0.39 is 24.4 Å². The van der Waals surface area contributed by atoms with Crippen LogP contribution in [0.2, 0.25) is 0 Å². The Morgan fingerprint density at radius 2 is 2.12 bits per heavy atom. The van der Waals surface area contributed by atoms with E-state index in [1.165, 1.54) is 0 Å². The predicted octanol–water partition coefficient (Wildman–Crippen LogP) is 1.42. The van der Waals surface area contributed by atoms with Crippen LogP contribution in [0.25, 0.3) is 0 Å². The molecule has 1 heterocycles. The summed E-state index contributed by atoms with van der Waals surface area (Å²) >= 11 is 0. The Labute approximate surface area is 91.5 Å². The zero-order valence-corrected chi connectivity index (χ0v) is 8.99. The minimum Gasteiger partial charge on any atom is -0.373 e. The molecule has 1 fully saturated rings. The zero-order valence-electron chi connectivity index (χ0n) is 8.99. The predicted molar refractivity (Wildman–Crippen MR) is 51.0 cm³/mol. The van der Waals surface area contributed by atoms with Crippen molar-refractivity contribution in [3.05, 3.63) is 0 Å². The molecule has 4 nitrogen and oxygen atoms in total. The SMILES string of the molecule is CC1(CNC(=O)NCC(F)(F)F)CCCO1. The summed E-state index contributed by atoms with van der Waals surface area (Å²) in [7, 11) is 0. The Morgan fingerprint density at radius 3 is 2.62 bits per heavy atom. The van der Waals surface area contributed by atoms with Gasteiger partial charge in [-0.1, -0.05) is 0 Å². The molecule has 0 aliphatic carbocycles. The molecular formula is C9H15F3N2O2. The van der Waals surface area contributed by atoms with Crippen LogP contribution >= 0.6 is 0 Å². The highest BCUT2D eigenvalue weighted by Crippen LogP contribution is 2.23. The molecule has 94 valence electrons. The number of hydrogen-bond donors (Lipinski definition) is 2. The normalized spacial score (nSPS) is 25.5. The van der Waals surface area contributed by atoms with Gasteiger partial charge in [0.1, 0.15) is 6.54 Å². The van der Waals surface area contributed by atoms with Gasteiger partial charge in [0, 0.05) is 13.2 Å². The molecule has 1 unspecified atom stereocenters. The smallest absolute Gasteiger partial charge is 0.373 e. The number of ether oxygens (including phenoxy) is 1. The molecule has 1 rings (SSSR count). The van der Waals surface area contributed by atoms with Crippen molar-refractivity contribution < 1.29 is 22.7 Å². The molecule has 1 aliphatic heterocycles. The lowest BCUT2D eigenvalue weighted by atomic mass is 10.0. The molecule has 0 aromatic rings. The molecule has 0 spiro atoms. The number of carbonyl (C=O) groups is 1. The quantitative estimate of drug-likeness (QED) is 0.783. The van der Waals surface area contributed by atoms with E-state index in [0.29, 0.717) is 6.61 Å². The Kier molecular flexibility index (Phi) is 4.01. The summed E-state index contributed by atoms with van der Waals surface area (Å²) in [6, 6.07) is -0.825. The summed E-state index contributed by atoms with van der Waals surface area (Å²) in [5, 5.41) is 4.10. The maximum atomic E-state index is 11.8. The summed E-state index contributed by atoms with van der Waals surface area (Å²) in [6.07, 6.45) is -2.68. The van der Waals surface area contributed by atoms with Crippen LogP contribution in [0.5, 0.6) is 0 Å². The Hall–Kier alpha value is -0.980. The van der Waals surface area contributed by atoms with Gasteiger partial charge in [-0.3, -0.25) is 0 Å². The van der Waals surface area contributed by atoms with Crippen molar-refractivity contribution in [1.82, 2.24) is 10.6 Å². The fourth-order valence-corrected chi connectivity index (χ4v) is 1.49. The van der Waals surface area contributed by atoms with E-state index in [9.17, 15) is 18.0 Å². The second-order valence-corrected chi connectivity index (χ2v) is 4.05. The molecule has 0 saturated carbocycles. The minimum atomic E-state index is -4.38. The molecule has 2 N–H and O–H groups in total. The number of rotatable bonds is 3. The lowest BCUT2D eigenvalue weighted by molar-refractivity contribution is -0.122. The fraction of sp³-hybridized carbons (Fsp3) is 0.889. The van der Waals surface area contributed by atoms with Crippen molar-refractivity contribution in [3.63, 3.8) is 0 Å². The van der Waals surface area contributed by atoms with Crippen molar-refractivity contribution in [2.45, 2.75) is 31.5 Å². The van der Waals surface area contributed by atoms with Gasteiger partial charge in [-0.25, -0.2) is 4.79 Å². The third-order valence-corrected chi connectivity index (χ3v) is 2.37. The number of urea groups is 1. The second-order valence-electron chi connectivity index (χ2n) is 4.05. The summed E-state index contributed by atoms with van der Waals surface area (Å²) in [4.78, 5) is 11.0. The highest BCUT2D eigenvalue weighted by Gasteiger charge is 2.31. The van der Waals surface area contributed by atoms with E-state index in [4.69, 9.17) is 4.74 Å². The third-order valence-electron chi connectivity index (χ3n) is 2.37. The first-order chi connectivity index (χ1) is 7.31. The van der Waals surface area contributed by atoms with Gasteiger partial charge in [-0.2, -0.15) is 13.2 Å². The van der Waals surface area contributed by atoms with Crippen molar-refractivity contribution >= 4 is 6.03 Å². The van der Waals surface area contributed by atoms with Gasteiger partial charge in [0.2, 0.25) is 0 Å². The molecule has 0 aromatic heterocycles. The largest absolute Gasteiger partial charge is 0.405 e. The van der Waals surface area contributed by atoms with Crippen LogP contribution in [0, 0.1) is 0 Å². The lowest BCUT2D eigenvalue weighted by Gasteiger charge is -2.23. The van der Waals surface area contributed by atoms with E-state index >= 15 is 0 Å².